The van der Waals surface area contributed by atoms with Gasteiger partial charge in [0.05, 0.1) is 6.54 Å². The molecule has 0 radical (unpaired) electrons. The van der Waals surface area contributed by atoms with Gasteiger partial charge in [-0.05, 0) is 34.0 Å². The topological polar surface area (TPSA) is 60.7 Å². The first-order chi connectivity index (χ1) is 12.0. The number of nitrogens with zero attached hydrogens (tertiary/aromatic N) is 7. The maximum Gasteiger partial charge on any atom is 0.320 e. The number of hydrogen-bond donors (Lipinski definition) is 0. The van der Waals surface area contributed by atoms with E-state index in [0.29, 0.717) is 0 Å². The summed E-state index contributed by atoms with van der Waals surface area (Å²) in [7, 11) is 8.21. The molecule has 2 aliphatic heterocycles. The van der Waals surface area contributed by atoms with E-state index in [1.807, 2.05) is 30.9 Å². The van der Waals surface area contributed by atoms with Crippen molar-refractivity contribution in [2.24, 2.45) is 7.05 Å². The molecule has 8 heteroatoms. The summed E-state index contributed by atoms with van der Waals surface area (Å²) in [6.45, 7) is 5.95. The average Bonchev–Trinajstić information content (AvgIpc) is 2.95. The van der Waals surface area contributed by atoms with Crippen molar-refractivity contribution in [3.8, 4) is 0 Å². The van der Waals surface area contributed by atoms with E-state index >= 15 is 0 Å². The van der Waals surface area contributed by atoms with Crippen LogP contribution in [0.3, 0.4) is 0 Å². The molecule has 0 aromatic carbocycles. The van der Waals surface area contributed by atoms with Gasteiger partial charge in [-0.15, -0.1) is 10.2 Å². The quantitative estimate of drug-likeness (QED) is 0.792. The molecule has 3 rings (SSSR count). The number of carbonyl (C=O) groups excluding carboxylic acids is 1. The average molecular weight is 349 g/mol. The van der Waals surface area contributed by atoms with Crippen molar-refractivity contribution in [3.63, 3.8) is 0 Å². The van der Waals surface area contributed by atoms with Crippen molar-refractivity contribution in [2.75, 3.05) is 60.4 Å². The molecule has 2 saturated heterocycles. The minimum atomic E-state index is 0.188. The normalized spacial score (nSPS) is 22.7. The number of hydrogen-bond acceptors (Lipinski definition) is 5. The highest BCUT2D eigenvalue weighted by Crippen LogP contribution is 2.26. The van der Waals surface area contributed by atoms with Crippen LogP contribution in [-0.2, 0) is 13.6 Å². The first-order valence-electron chi connectivity index (χ1n) is 9.21. The first kappa shape index (κ1) is 18.1. The summed E-state index contributed by atoms with van der Waals surface area (Å²) in [5.74, 6) is 2.26. The van der Waals surface area contributed by atoms with Gasteiger partial charge in [0.1, 0.15) is 11.6 Å². The summed E-state index contributed by atoms with van der Waals surface area (Å²) < 4.78 is 2.11. The molecule has 2 amide bonds. The second-order valence-corrected chi connectivity index (χ2v) is 7.63. The summed E-state index contributed by atoms with van der Waals surface area (Å²) in [5, 5.41) is 8.79. The molecule has 0 unspecified atom stereocenters. The molecule has 0 bridgehead atoms. The van der Waals surface area contributed by atoms with E-state index in [9.17, 15) is 4.79 Å². The smallest absolute Gasteiger partial charge is 0.320 e. The zero-order valence-electron chi connectivity index (χ0n) is 16.0. The third kappa shape index (κ3) is 4.12. The minimum Gasteiger partial charge on any atom is -0.324 e. The number of urea groups is 1. The summed E-state index contributed by atoms with van der Waals surface area (Å²) in [6, 6.07) is 0.188. The maximum atomic E-state index is 12.9. The fourth-order valence-electron chi connectivity index (χ4n) is 3.71. The zero-order valence-corrected chi connectivity index (χ0v) is 16.0. The van der Waals surface area contributed by atoms with E-state index in [1.165, 1.54) is 0 Å². The molecule has 2 fully saturated rings. The Balaban J connectivity index is 1.65. The van der Waals surface area contributed by atoms with Crippen molar-refractivity contribution in [1.29, 1.82) is 0 Å². The van der Waals surface area contributed by atoms with Gasteiger partial charge in [0.25, 0.3) is 0 Å². The van der Waals surface area contributed by atoms with Gasteiger partial charge in [0, 0.05) is 52.2 Å². The number of rotatable bonds is 3. The van der Waals surface area contributed by atoms with Gasteiger partial charge < -0.3 is 24.2 Å². The van der Waals surface area contributed by atoms with Crippen LogP contribution >= 0.6 is 0 Å². The number of likely N-dealkylation sites (N-methyl/N-ethyl adjacent to an activating group) is 1. The number of carbonyl (C=O) groups is 1. The Morgan fingerprint density at radius 3 is 2.48 bits per heavy atom. The Morgan fingerprint density at radius 1 is 1.08 bits per heavy atom. The van der Waals surface area contributed by atoms with Gasteiger partial charge in [-0.3, -0.25) is 0 Å². The largest absolute Gasteiger partial charge is 0.324 e. The predicted octanol–water partition coefficient (Wildman–Crippen LogP) is 0.424. The summed E-state index contributed by atoms with van der Waals surface area (Å²) in [4.78, 5) is 21.2. The zero-order chi connectivity index (χ0) is 18.0. The highest BCUT2D eigenvalue weighted by molar-refractivity contribution is 5.74. The van der Waals surface area contributed by atoms with Crippen molar-refractivity contribution in [2.45, 2.75) is 25.3 Å². The fraction of sp³-hybridized carbons (Fsp3) is 0.824. The summed E-state index contributed by atoms with van der Waals surface area (Å²) in [6.07, 6.45) is 2.10. The van der Waals surface area contributed by atoms with E-state index in [1.54, 1.807) is 0 Å². The van der Waals surface area contributed by atoms with Crippen LogP contribution in [0, 0.1) is 0 Å². The maximum absolute atomic E-state index is 12.9. The molecule has 1 aromatic rings. The molecule has 0 saturated carbocycles. The molecule has 25 heavy (non-hydrogen) atoms. The second kappa shape index (κ2) is 7.70. The molecule has 3 heterocycles. The first-order valence-corrected chi connectivity index (χ1v) is 9.21. The van der Waals surface area contributed by atoms with E-state index < -0.39 is 0 Å². The van der Waals surface area contributed by atoms with Crippen LogP contribution in [0.1, 0.15) is 30.4 Å². The molecule has 1 atom stereocenters. The van der Waals surface area contributed by atoms with Crippen LogP contribution in [0.5, 0.6) is 0 Å². The number of aromatic nitrogens is 3. The lowest BCUT2D eigenvalue weighted by atomic mass is 9.97. The van der Waals surface area contributed by atoms with Crippen LogP contribution in [0.4, 0.5) is 4.79 Å². The van der Waals surface area contributed by atoms with Crippen LogP contribution < -0.4 is 0 Å². The number of piperazine rings is 1. The number of piperidine rings is 1. The van der Waals surface area contributed by atoms with Gasteiger partial charge >= 0.3 is 6.03 Å². The molecular weight excluding hydrogens is 318 g/mol. The Kier molecular flexibility index (Phi) is 5.58. The molecular formula is C17H31N7O. The van der Waals surface area contributed by atoms with Crippen molar-refractivity contribution in [3.05, 3.63) is 11.6 Å². The fourth-order valence-corrected chi connectivity index (χ4v) is 3.71. The third-order valence-corrected chi connectivity index (χ3v) is 5.29. The SMILES string of the molecule is CN(C)Cc1nnc([C@@H]2CCCN(C(=O)N3CCN(C)CC3)C2)n1C. The third-order valence-electron chi connectivity index (χ3n) is 5.29. The van der Waals surface area contributed by atoms with Crippen LogP contribution in [0.25, 0.3) is 0 Å². The van der Waals surface area contributed by atoms with Crippen molar-refractivity contribution in [1.82, 2.24) is 34.4 Å². The summed E-state index contributed by atoms with van der Waals surface area (Å²) in [5.41, 5.74) is 0. The van der Waals surface area contributed by atoms with Crippen molar-refractivity contribution < 1.29 is 4.79 Å². The minimum absolute atomic E-state index is 0.188. The second-order valence-electron chi connectivity index (χ2n) is 7.63. The van der Waals surface area contributed by atoms with Gasteiger partial charge in [-0.2, -0.15) is 0 Å². The highest BCUT2D eigenvalue weighted by Gasteiger charge is 2.31. The summed E-state index contributed by atoms with van der Waals surface area (Å²) >= 11 is 0. The molecule has 1 aromatic heterocycles. The monoisotopic (exact) mass is 349 g/mol. The van der Waals surface area contributed by atoms with Gasteiger partial charge in [-0.25, -0.2) is 4.79 Å². The van der Waals surface area contributed by atoms with Gasteiger partial charge in [0.2, 0.25) is 0 Å². The van der Waals surface area contributed by atoms with E-state index in [4.69, 9.17) is 0 Å². The van der Waals surface area contributed by atoms with Crippen molar-refractivity contribution >= 4 is 6.03 Å². The molecule has 0 N–H and O–H groups in total. The Bertz CT molecular complexity index is 592. The number of amides is 2. The Labute approximate surface area is 150 Å². The lowest BCUT2D eigenvalue weighted by molar-refractivity contribution is 0.111. The molecule has 0 spiro atoms. The predicted molar refractivity (Wildman–Crippen MR) is 96.4 cm³/mol. The highest BCUT2D eigenvalue weighted by atomic mass is 16.2. The van der Waals surface area contributed by atoms with Crippen LogP contribution in [0.15, 0.2) is 0 Å². The number of likely N-dealkylation sites (tertiary alicyclic amines) is 1. The lowest BCUT2D eigenvalue weighted by Gasteiger charge is -2.39. The van der Waals surface area contributed by atoms with E-state index in [-0.39, 0.29) is 11.9 Å². The van der Waals surface area contributed by atoms with Crippen LogP contribution in [-0.4, -0.2) is 101 Å². The standard InChI is InChI=1S/C17H31N7O/c1-20(2)13-15-18-19-16(22(15)4)14-6-5-7-24(12-14)17(25)23-10-8-21(3)9-11-23/h14H,5-13H2,1-4H3/t14-/m1/s1. The molecule has 140 valence electrons. The molecule has 2 aliphatic rings. The van der Waals surface area contributed by atoms with E-state index in [0.717, 1.165) is 70.3 Å². The van der Waals surface area contributed by atoms with Gasteiger partial charge in [0.15, 0.2) is 0 Å². The Hall–Kier alpha value is -1.67. The van der Waals surface area contributed by atoms with E-state index in [2.05, 4.69) is 31.6 Å². The molecule has 0 aliphatic carbocycles. The molecule has 8 nitrogen and oxygen atoms in total. The van der Waals surface area contributed by atoms with Gasteiger partial charge in [-0.1, -0.05) is 0 Å². The lowest BCUT2D eigenvalue weighted by Crippen LogP contribution is -2.53. The Morgan fingerprint density at radius 2 is 1.80 bits per heavy atom. The van der Waals surface area contributed by atoms with Crippen LogP contribution in [0.2, 0.25) is 0 Å².